The van der Waals surface area contributed by atoms with Gasteiger partial charge in [-0.25, -0.2) is 13.2 Å². The Morgan fingerprint density at radius 2 is 1.48 bits per heavy atom. The Bertz CT molecular complexity index is 1390. The van der Waals surface area contributed by atoms with Crippen LogP contribution in [0.2, 0.25) is 0 Å². The van der Waals surface area contributed by atoms with Gasteiger partial charge in [-0.1, -0.05) is 12.1 Å². The van der Waals surface area contributed by atoms with Crippen LogP contribution in [0.25, 0.3) is 0 Å². The first-order valence-corrected chi connectivity index (χ1v) is 10.8. The van der Waals surface area contributed by atoms with Gasteiger partial charge in [-0.15, -0.1) is 0 Å². The van der Waals surface area contributed by atoms with Gasteiger partial charge in [0.25, 0.3) is 5.91 Å². The van der Waals surface area contributed by atoms with Gasteiger partial charge >= 0.3 is 12.6 Å². The van der Waals surface area contributed by atoms with E-state index < -0.39 is 34.1 Å². The summed E-state index contributed by atoms with van der Waals surface area (Å²) in [7, 11) is -4.06. The molecule has 8 nitrogen and oxygen atoms in total. The Kier molecular flexibility index (Phi) is 5.64. The van der Waals surface area contributed by atoms with E-state index >= 15 is 0 Å². The maximum atomic E-state index is 12.9. The highest BCUT2D eigenvalue weighted by molar-refractivity contribution is 7.91. The highest BCUT2D eigenvalue weighted by Gasteiger charge is 2.35. The van der Waals surface area contributed by atoms with Crippen molar-refractivity contribution in [3.63, 3.8) is 0 Å². The second-order valence-corrected chi connectivity index (χ2v) is 8.65. The minimum Gasteiger partial charge on any atom is -0.435 e. The predicted molar refractivity (Wildman–Crippen MR) is 108 cm³/mol. The van der Waals surface area contributed by atoms with Gasteiger partial charge in [0, 0.05) is 16.7 Å². The molecule has 3 aromatic rings. The molecule has 1 heterocycles. The Morgan fingerprint density at radius 1 is 0.848 bits per heavy atom. The summed E-state index contributed by atoms with van der Waals surface area (Å²) < 4.78 is 54.4. The van der Waals surface area contributed by atoms with Crippen LogP contribution >= 0.6 is 0 Å². The van der Waals surface area contributed by atoms with Crippen molar-refractivity contribution in [3.8, 4) is 5.75 Å². The number of fused-ring (bicyclic) bond motifs is 2. The van der Waals surface area contributed by atoms with Crippen LogP contribution in [-0.2, 0) is 14.7 Å². The van der Waals surface area contributed by atoms with Crippen molar-refractivity contribution in [2.45, 2.75) is 16.4 Å². The zero-order valence-electron chi connectivity index (χ0n) is 16.5. The summed E-state index contributed by atoms with van der Waals surface area (Å²) in [6.45, 7) is -3.02. The normalized spacial score (nSPS) is 13.6. The molecule has 0 atom stereocenters. The number of amides is 1. The predicted octanol–water partition coefficient (Wildman–Crippen LogP) is 3.17. The van der Waals surface area contributed by atoms with E-state index in [0.717, 1.165) is 18.2 Å². The molecule has 168 valence electrons. The van der Waals surface area contributed by atoms with Crippen molar-refractivity contribution in [2.24, 2.45) is 0 Å². The number of ether oxygens (including phenoxy) is 1. The summed E-state index contributed by atoms with van der Waals surface area (Å²) in [6, 6.07) is 13.7. The van der Waals surface area contributed by atoms with E-state index in [9.17, 15) is 31.6 Å². The molecular weight excluding hydrogens is 460 g/mol. The lowest BCUT2D eigenvalue weighted by Gasteiger charge is -2.19. The summed E-state index contributed by atoms with van der Waals surface area (Å²) in [5.41, 5.74) is 1.61. The summed E-state index contributed by atoms with van der Waals surface area (Å²) in [4.78, 5) is 41.3. The number of alkyl halides is 2. The van der Waals surface area contributed by atoms with Gasteiger partial charge < -0.3 is 9.57 Å². The van der Waals surface area contributed by atoms with E-state index in [4.69, 9.17) is 4.84 Å². The summed E-state index contributed by atoms with van der Waals surface area (Å²) in [5, 5.41) is 0. The fourth-order valence-corrected chi connectivity index (χ4v) is 4.89. The van der Waals surface area contributed by atoms with Crippen molar-refractivity contribution >= 4 is 27.5 Å². The number of ketones is 1. The quantitative estimate of drug-likeness (QED) is 0.453. The van der Waals surface area contributed by atoms with E-state index in [2.05, 4.69) is 4.74 Å². The van der Waals surface area contributed by atoms with Gasteiger partial charge in [0.2, 0.25) is 9.84 Å². The highest BCUT2D eigenvalue weighted by Crippen LogP contribution is 2.34. The zero-order valence-corrected chi connectivity index (χ0v) is 17.3. The SMILES string of the molecule is O=C(NOC(=O)c1ccc2c(c1)S(=O)(=O)c1ccccc1C2=O)c1ccc(OC(F)F)cc1. The Hall–Kier alpha value is -4.12. The van der Waals surface area contributed by atoms with Gasteiger partial charge in [0.05, 0.1) is 15.4 Å². The van der Waals surface area contributed by atoms with Crippen LogP contribution in [0.4, 0.5) is 8.78 Å². The largest absolute Gasteiger partial charge is 0.435 e. The molecule has 1 amide bonds. The van der Waals surface area contributed by atoms with E-state index in [-0.39, 0.29) is 37.8 Å². The first-order chi connectivity index (χ1) is 15.7. The lowest BCUT2D eigenvalue weighted by molar-refractivity contribution is -0.0498. The van der Waals surface area contributed by atoms with Crippen LogP contribution < -0.4 is 10.2 Å². The second-order valence-electron chi connectivity index (χ2n) is 6.76. The molecule has 0 spiro atoms. The minimum absolute atomic E-state index is 0.0142. The molecule has 0 aromatic heterocycles. The van der Waals surface area contributed by atoms with Gasteiger partial charge in [0.1, 0.15) is 5.75 Å². The molecule has 33 heavy (non-hydrogen) atoms. The molecular formula is C22H13F2NO7S. The van der Waals surface area contributed by atoms with Crippen molar-refractivity contribution in [3.05, 3.63) is 89.0 Å². The first-order valence-electron chi connectivity index (χ1n) is 9.28. The summed E-state index contributed by atoms with van der Waals surface area (Å²) in [5.74, 6) is -2.60. The molecule has 0 saturated heterocycles. The highest BCUT2D eigenvalue weighted by atomic mass is 32.2. The van der Waals surface area contributed by atoms with Crippen molar-refractivity contribution in [1.82, 2.24) is 5.48 Å². The molecule has 0 fully saturated rings. The Labute approximate surface area is 185 Å². The first kappa shape index (κ1) is 22.1. The second kappa shape index (κ2) is 8.43. The average Bonchev–Trinajstić information content (AvgIpc) is 2.81. The van der Waals surface area contributed by atoms with Gasteiger partial charge in [-0.05, 0) is 54.6 Å². The molecule has 4 rings (SSSR count). The number of carbonyl (C=O) groups is 3. The third kappa shape index (κ3) is 4.17. The molecule has 1 N–H and O–H groups in total. The van der Waals surface area contributed by atoms with Crippen molar-refractivity contribution in [1.29, 1.82) is 0 Å². The third-order valence-electron chi connectivity index (χ3n) is 4.75. The molecule has 1 aliphatic rings. The van der Waals surface area contributed by atoms with Gasteiger partial charge in [0.15, 0.2) is 5.78 Å². The van der Waals surface area contributed by atoms with Crippen molar-refractivity contribution in [2.75, 3.05) is 0 Å². The molecule has 0 radical (unpaired) electrons. The monoisotopic (exact) mass is 473 g/mol. The Morgan fingerprint density at radius 3 is 2.18 bits per heavy atom. The van der Waals surface area contributed by atoms with Crippen LogP contribution in [0.15, 0.2) is 76.5 Å². The number of carbonyl (C=O) groups excluding carboxylic acids is 3. The van der Waals surface area contributed by atoms with Crippen molar-refractivity contribution < 1.29 is 41.2 Å². The lowest BCUT2D eigenvalue weighted by atomic mass is 10.0. The molecule has 0 saturated carbocycles. The standard InChI is InChI=1S/C22H13F2NO7S/c23-22(24)31-14-8-5-12(6-9-14)20(27)25-32-21(28)13-7-10-16-18(11-13)33(29,30)17-4-2-1-3-15(17)19(16)26/h1-11,22H,(H,25,27). The molecule has 11 heteroatoms. The molecule has 0 unspecified atom stereocenters. The zero-order chi connectivity index (χ0) is 23.8. The fraction of sp³-hybridized carbons (Fsp3) is 0.0455. The molecule has 3 aromatic carbocycles. The minimum atomic E-state index is -4.06. The number of halogens is 2. The van der Waals surface area contributed by atoms with Crippen LogP contribution in [0.3, 0.4) is 0 Å². The fourth-order valence-electron chi connectivity index (χ4n) is 3.21. The number of hydroxylamine groups is 1. The van der Waals surface area contributed by atoms with Gasteiger partial charge in [-0.2, -0.15) is 14.3 Å². The molecule has 0 aliphatic carbocycles. The number of rotatable bonds is 4. The number of hydrogen-bond acceptors (Lipinski definition) is 7. The summed E-state index contributed by atoms with van der Waals surface area (Å²) in [6.07, 6.45) is 0. The number of sulfone groups is 1. The smallest absolute Gasteiger partial charge is 0.387 e. The van der Waals surface area contributed by atoms with Crippen LogP contribution in [-0.4, -0.2) is 32.7 Å². The number of nitrogens with one attached hydrogen (secondary N) is 1. The molecule has 1 aliphatic heterocycles. The van der Waals surface area contributed by atoms with Gasteiger partial charge in [-0.3, -0.25) is 9.59 Å². The number of benzene rings is 3. The van der Waals surface area contributed by atoms with Crippen LogP contribution in [0.1, 0.15) is 36.6 Å². The van der Waals surface area contributed by atoms with Crippen LogP contribution in [0.5, 0.6) is 5.75 Å². The Balaban J connectivity index is 1.51. The van der Waals surface area contributed by atoms with Crippen LogP contribution in [0, 0.1) is 0 Å². The topological polar surface area (TPSA) is 116 Å². The molecule has 0 bridgehead atoms. The maximum Gasteiger partial charge on any atom is 0.387 e. The van der Waals surface area contributed by atoms with E-state index in [1.165, 1.54) is 42.5 Å². The average molecular weight is 473 g/mol. The van der Waals surface area contributed by atoms with E-state index in [1.807, 2.05) is 5.48 Å². The summed E-state index contributed by atoms with van der Waals surface area (Å²) >= 11 is 0. The lowest BCUT2D eigenvalue weighted by Crippen LogP contribution is -2.27. The number of hydrogen-bond donors (Lipinski definition) is 1. The third-order valence-corrected chi connectivity index (χ3v) is 6.60. The maximum absolute atomic E-state index is 12.9. The van der Waals surface area contributed by atoms with E-state index in [0.29, 0.717) is 0 Å². The van der Waals surface area contributed by atoms with E-state index in [1.54, 1.807) is 6.07 Å².